The standard InChI is InChI=1S/C21H26N2O3/c1-14-6-8-16(3)18(10-14)22-20(24)12-23(5)21(25)13-26-19-11-15(2)7-9-17(19)4/h6-11H,12-13H2,1-5H3,(H,22,24). The van der Waals surface area contributed by atoms with Gasteiger partial charge < -0.3 is 15.0 Å². The SMILES string of the molecule is Cc1ccc(C)c(NC(=O)CN(C)C(=O)COc2cc(C)ccc2C)c1. The quantitative estimate of drug-likeness (QED) is 0.865. The minimum atomic E-state index is -0.248. The van der Waals surface area contributed by atoms with Crippen LogP contribution in [0.1, 0.15) is 22.3 Å². The number of aryl methyl sites for hydroxylation is 4. The minimum Gasteiger partial charge on any atom is -0.483 e. The maximum atomic E-state index is 12.2. The Morgan fingerprint density at radius 1 is 0.962 bits per heavy atom. The van der Waals surface area contributed by atoms with Crippen molar-refractivity contribution in [2.75, 3.05) is 25.5 Å². The zero-order valence-electron chi connectivity index (χ0n) is 16.1. The molecule has 0 aromatic heterocycles. The summed E-state index contributed by atoms with van der Waals surface area (Å²) >= 11 is 0. The topological polar surface area (TPSA) is 58.6 Å². The van der Waals surface area contributed by atoms with Gasteiger partial charge in [-0.2, -0.15) is 0 Å². The number of rotatable bonds is 6. The lowest BCUT2D eigenvalue weighted by molar-refractivity contribution is -0.135. The number of nitrogens with zero attached hydrogens (tertiary/aromatic N) is 1. The Labute approximate surface area is 155 Å². The van der Waals surface area contributed by atoms with Crippen molar-refractivity contribution in [3.8, 4) is 5.75 Å². The second-order valence-corrected chi connectivity index (χ2v) is 6.67. The summed E-state index contributed by atoms with van der Waals surface area (Å²) < 4.78 is 5.61. The number of amides is 2. The molecule has 0 fully saturated rings. The third kappa shape index (κ3) is 5.34. The second-order valence-electron chi connectivity index (χ2n) is 6.67. The van der Waals surface area contributed by atoms with Crippen LogP contribution in [0.25, 0.3) is 0 Å². The van der Waals surface area contributed by atoms with E-state index in [2.05, 4.69) is 5.32 Å². The monoisotopic (exact) mass is 354 g/mol. The molecule has 0 spiro atoms. The fraction of sp³-hybridized carbons (Fsp3) is 0.333. The first-order valence-corrected chi connectivity index (χ1v) is 8.57. The fourth-order valence-electron chi connectivity index (χ4n) is 2.48. The van der Waals surface area contributed by atoms with Crippen molar-refractivity contribution in [1.82, 2.24) is 4.90 Å². The van der Waals surface area contributed by atoms with Crippen LogP contribution in [0.2, 0.25) is 0 Å². The van der Waals surface area contributed by atoms with Gasteiger partial charge in [0.15, 0.2) is 6.61 Å². The number of carbonyl (C=O) groups excluding carboxylic acids is 2. The molecule has 0 saturated carbocycles. The van der Waals surface area contributed by atoms with Gasteiger partial charge in [-0.05, 0) is 62.1 Å². The van der Waals surface area contributed by atoms with E-state index in [1.54, 1.807) is 7.05 Å². The van der Waals surface area contributed by atoms with Crippen molar-refractivity contribution < 1.29 is 14.3 Å². The molecule has 0 heterocycles. The number of carbonyl (C=O) groups is 2. The summed E-state index contributed by atoms with van der Waals surface area (Å²) in [6.45, 7) is 7.68. The van der Waals surface area contributed by atoms with E-state index in [1.807, 2.05) is 64.1 Å². The molecular formula is C21H26N2O3. The van der Waals surface area contributed by atoms with E-state index in [0.717, 1.165) is 27.9 Å². The Kier molecular flexibility index (Phi) is 6.39. The zero-order valence-corrected chi connectivity index (χ0v) is 16.1. The van der Waals surface area contributed by atoms with Crippen LogP contribution in [0.15, 0.2) is 36.4 Å². The van der Waals surface area contributed by atoms with Crippen molar-refractivity contribution in [3.63, 3.8) is 0 Å². The Morgan fingerprint density at radius 2 is 1.58 bits per heavy atom. The summed E-state index contributed by atoms with van der Waals surface area (Å²) in [5.74, 6) is 0.204. The van der Waals surface area contributed by atoms with Crippen molar-refractivity contribution in [2.45, 2.75) is 27.7 Å². The van der Waals surface area contributed by atoms with Crippen LogP contribution in [-0.4, -0.2) is 36.9 Å². The van der Waals surface area contributed by atoms with E-state index in [4.69, 9.17) is 4.74 Å². The Morgan fingerprint density at radius 3 is 2.27 bits per heavy atom. The molecule has 26 heavy (non-hydrogen) atoms. The highest BCUT2D eigenvalue weighted by atomic mass is 16.5. The van der Waals surface area contributed by atoms with Gasteiger partial charge in [0.05, 0.1) is 6.54 Å². The number of benzene rings is 2. The van der Waals surface area contributed by atoms with E-state index >= 15 is 0 Å². The molecule has 0 unspecified atom stereocenters. The number of likely N-dealkylation sites (N-methyl/N-ethyl adjacent to an activating group) is 1. The number of nitrogens with one attached hydrogen (secondary N) is 1. The van der Waals surface area contributed by atoms with Crippen LogP contribution < -0.4 is 10.1 Å². The van der Waals surface area contributed by atoms with Gasteiger partial charge >= 0.3 is 0 Å². The van der Waals surface area contributed by atoms with Crippen LogP contribution in [0.3, 0.4) is 0 Å². The second kappa shape index (κ2) is 8.52. The number of hydrogen-bond acceptors (Lipinski definition) is 3. The third-order valence-electron chi connectivity index (χ3n) is 4.17. The number of anilines is 1. The van der Waals surface area contributed by atoms with Gasteiger partial charge in [0.2, 0.25) is 5.91 Å². The fourth-order valence-corrected chi connectivity index (χ4v) is 2.48. The zero-order chi connectivity index (χ0) is 19.3. The van der Waals surface area contributed by atoms with Crippen molar-refractivity contribution in [1.29, 1.82) is 0 Å². The molecule has 0 radical (unpaired) electrons. The average molecular weight is 354 g/mol. The summed E-state index contributed by atoms with van der Waals surface area (Å²) in [4.78, 5) is 25.8. The highest BCUT2D eigenvalue weighted by Crippen LogP contribution is 2.19. The molecule has 0 bridgehead atoms. The first-order chi connectivity index (χ1) is 12.3. The largest absolute Gasteiger partial charge is 0.483 e. The molecule has 5 nitrogen and oxygen atoms in total. The molecule has 2 rings (SSSR count). The lowest BCUT2D eigenvalue weighted by Gasteiger charge is -2.18. The van der Waals surface area contributed by atoms with Crippen LogP contribution in [0.4, 0.5) is 5.69 Å². The van der Waals surface area contributed by atoms with Gasteiger partial charge in [-0.25, -0.2) is 0 Å². The van der Waals surface area contributed by atoms with Crippen LogP contribution in [0, 0.1) is 27.7 Å². The summed E-state index contributed by atoms with van der Waals surface area (Å²) in [6, 6.07) is 11.7. The molecule has 0 aliphatic heterocycles. The van der Waals surface area contributed by atoms with Gasteiger partial charge in [0, 0.05) is 12.7 Å². The van der Waals surface area contributed by atoms with E-state index in [9.17, 15) is 9.59 Å². The van der Waals surface area contributed by atoms with Crippen molar-refractivity contribution in [2.24, 2.45) is 0 Å². The predicted octanol–water partition coefficient (Wildman–Crippen LogP) is 3.40. The maximum absolute atomic E-state index is 12.2. The summed E-state index contributed by atoms with van der Waals surface area (Å²) in [7, 11) is 1.59. The Bertz CT molecular complexity index is 815. The van der Waals surface area contributed by atoms with Crippen LogP contribution in [-0.2, 0) is 9.59 Å². The van der Waals surface area contributed by atoms with Gasteiger partial charge in [0.25, 0.3) is 5.91 Å². The number of ether oxygens (including phenoxy) is 1. The molecule has 138 valence electrons. The molecule has 0 atom stereocenters. The number of hydrogen-bond donors (Lipinski definition) is 1. The van der Waals surface area contributed by atoms with Gasteiger partial charge in [-0.1, -0.05) is 24.3 Å². The lowest BCUT2D eigenvalue weighted by atomic mass is 10.1. The lowest BCUT2D eigenvalue weighted by Crippen LogP contribution is -2.37. The molecule has 0 saturated heterocycles. The maximum Gasteiger partial charge on any atom is 0.260 e. The molecule has 0 aliphatic carbocycles. The summed E-state index contributed by atoms with van der Waals surface area (Å²) in [5, 5.41) is 2.85. The molecule has 5 heteroatoms. The smallest absolute Gasteiger partial charge is 0.260 e. The molecule has 0 aliphatic rings. The van der Waals surface area contributed by atoms with Crippen molar-refractivity contribution >= 4 is 17.5 Å². The molecule has 2 aromatic rings. The van der Waals surface area contributed by atoms with E-state index < -0.39 is 0 Å². The third-order valence-corrected chi connectivity index (χ3v) is 4.17. The van der Waals surface area contributed by atoms with Crippen molar-refractivity contribution in [3.05, 3.63) is 58.7 Å². The van der Waals surface area contributed by atoms with Gasteiger partial charge in [-0.15, -0.1) is 0 Å². The highest BCUT2D eigenvalue weighted by Gasteiger charge is 2.15. The normalized spacial score (nSPS) is 10.3. The Hall–Kier alpha value is -2.82. The first-order valence-electron chi connectivity index (χ1n) is 8.57. The molecule has 1 N–H and O–H groups in total. The first kappa shape index (κ1) is 19.5. The van der Waals surface area contributed by atoms with E-state index in [-0.39, 0.29) is 25.0 Å². The van der Waals surface area contributed by atoms with E-state index in [0.29, 0.717) is 5.75 Å². The van der Waals surface area contributed by atoms with Gasteiger partial charge in [-0.3, -0.25) is 9.59 Å². The van der Waals surface area contributed by atoms with Gasteiger partial charge in [0.1, 0.15) is 5.75 Å². The average Bonchev–Trinajstić information content (AvgIpc) is 2.58. The molecule has 2 amide bonds. The Balaban J connectivity index is 1.89. The van der Waals surface area contributed by atoms with Crippen LogP contribution >= 0.6 is 0 Å². The predicted molar refractivity (Wildman–Crippen MR) is 104 cm³/mol. The summed E-state index contributed by atoms with van der Waals surface area (Å²) in [5.41, 5.74) is 4.86. The minimum absolute atomic E-state index is 0.0254. The highest BCUT2D eigenvalue weighted by molar-refractivity contribution is 5.95. The summed E-state index contributed by atoms with van der Waals surface area (Å²) in [6.07, 6.45) is 0. The molecular weight excluding hydrogens is 328 g/mol. The van der Waals surface area contributed by atoms with E-state index in [1.165, 1.54) is 4.90 Å². The molecule has 2 aromatic carbocycles. The van der Waals surface area contributed by atoms with Crippen LogP contribution in [0.5, 0.6) is 5.75 Å².